The minimum absolute atomic E-state index is 0. The molecule has 0 saturated heterocycles. The van der Waals surface area contributed by atoms with Crippen molar-refractivity contribution in [3.05, 3.63) is 24.3 Å². The largest absolute Gasteiger partial charge is 1.00 e. The Morgan fingerprint density at radius 2 is 1.79 bits per heavy atom. The number of carbonyl (C=O) groups excluding carboxylic acids is 2. The second-order valence-corrected chi connectivity index (χ2v) is 7.02. The number of amides is 1. The van der Waals surface area contributed by atoms with E-state index in [9.17, 15) is 14.7 Å². The SMILES string of the molecule is CC1C[C@@H](C(=O)[O-])C[C@@H](C(=O)NC2(c3ncccn3)CCC2)C1.[Na+]. The molecule has 3 rings (SSSR count). The van der Waals surface area contributed by atoms with Gasteiger partial charge in [0, 0.05) is 24.3 Å². The zero-order valence-corrected chi connectivity index (χ0v) is 16.3. The molecular weight excluding hydrogens is 317 g/mol. The monoisotopic (exact) mass is 339 g/mol. The van der Waals surface area contributed by atoms with Crippen LogP contribution in [0.15, 0.2) is 18.5 Å². The summed E-state index contributed by atoms with van der Waals surface area (Å²) in [6.45, 7) is 1.99. The fourth-order valence-corrected chi connectivity index (χ4v) is 3.83. The van der Waals surface area contributed by atoms with Gasteiger partial charge in [-0.3, -0.25) is 4.79 Å². The number of carbonyl (C=O) groups is 2. The molecule has 6 nitrogen and oxygen atoms in total. The van der Waals surface area contributed by atoms with Crippen molar-refractivity contribution >= 4 is 11.9 Å². The van der Waals surface area contributed by atoms with Crippen molar-refractivity contribution in [1.82, 2.24) is 15.3 Å². The molecule has 0 aliphatic heterocycles. The molecular formula is C17H22N3NaO3. The molecule has 2 aliphatic carbocycles. The second kappa shape index (κ2) is 7.93. The molecule has 2 aliphatic rings. The summed E-state index contributed by atoms with van der Waals surface area (Å²) in [5.74, 6) is -1.05. The molecule has 1 unspecified atom stereocenters. The van der Waals surface area contributed by atoms with Crippen molar-refractivity contribution in [2.45, 2.75) is 51.0 Å². The third-order valence-electron chi connectivity index (χ3n) is 5.21. The number of rotatable bonds is 4. The number of nitrogens with zero attached hydrogens (tertiary/aromatic N) is 2. The summed E-state index contributed by atoms with van der Waals surface area (Å²) in [6.07, 6.45) is 7.74. The normalized spacial score (nSPS) is 28.1. The number of nitrogens with one attached hydrogen (secondary N) is 1. The molecule has 2 saturated carbocycles. The van der Waals surface area contributed by atoms with Crippen LogP contribution in [-0.2, 0) is 15.1 Å². The first-order valence-electron chi connectivity index (χ1n) is 8.30. The molecule has 124 valence electrons. The summed E-state index contributed by atoms with van der Waals surface area (Å²) in [4.78, 5) is 32.5. The van der Waals surface area contributed by atoms with E-state index in [2.05, 4.69) is 15.3 Å². The number of hydrogen-bond acceptors (Lipinski definition) is 5. The Hall–Kier alpha value is -0.980. The maximum atomic E-state index is 12.7. The quantitative estimate of drug-likeness (QED) is 0.627. The van der Waals surface area contributed by atoms with Gasteiger partial charge >= 0.3 is 29.6 Å². The zero-order valence-electron chi connectivity index (χ0n) is 14.3. The molecule has 1 aromatic rings. The van der Waals surface area contributed by atoms with E-state index in [1.165, 1.54) is 0 Å². The van der Waals surface area contributed by atoms with Crippen LogP contribution in [-0.4, -0.2) is 21.8 Å². The number of carboxylic acid groups (broad SMARTS) is 1. The van der Waals surface area contributed by atoms with E-state index in [1.54, 1.807) is 18.5 Å². The Kier molecular flexibility index (Phi) is 6.39. The van der Waals surface area contributed by atoms with Crippen molar-refractivity contribution in [3.63, 3.8) is 0 Å². The van der Waals surface area contributed by atoms with E-state index < -0.39 is 17.4 Å². The zero-order chi connectivity index (χ0) is 16.4. The van der Waals surface area contributed by atoms with Gasteiger partial charge in [-0.25, -0.2) is 9.97 Å². The Morgan fingerprint density at radius 1 is 1.17 bits per heavy atom. The van der Waals surface area contributed by atoms with Gasteiger partial charge in [-0.05, 0) is 56.4 Å². The summed E-state index contributed by atoms with van der Waals surface area (Å²) in [5.41, 5.74) is -0.476. The van der Waals surface area contributed by atoms with Gasteiger partial charge in [-0.1, -0.05) is 6.92 Å². The maximum absolute atomic E-state index is 12.7. The molecule has 24 heavy (non-hydrogen) atoms. The molecule has 2 fully saturated rings. The summed E-state index contributed by atoms with van der Waals surface area (Å²) < 4.78 is 0. The van der Waals surface area contributed by atoms with Crippen molar-refractivity contribution < 1.29 is 44.3 Å². The molecule has 0 spiro atoms. The maximum Gasteiger partial charge on any atom is 1.00 e. The molecule has 1 heterocycles. The molecule has 0 bridgehead atoms. The molecule has 1 aromatic heterocycles. The van der Waals surface area contributed by atoms with E-state index >= 15 is 0 Å². The van der Waals surface area contributed by atoms with Gasteiger partial charge < -0.3 is 15.2 Å². The van der Waals surface area contributed by atoms with E-state index in [0.717, 1.165) is 25.7 Å². The number of hydrogen-bond donors (Lipinski definition) is 1. The van der Waals surface area contributed by atoms with Gasteiger partial charge in [0.1, 0.15) is 0 Å². The van der Waals surface area contributed by atoms with Crippen LogP contribution < -0.4 is 40.0 Å². The van der Waals surface area contributed by atoms with Crippen LogP contribution in [0.4, 0.5) is 0 Å². The Bertz CT molecular complexity index is 592. The van der Waals surface area contributed by atoms with Gasteiger partial charge in [-0.15, -0.1) is 0 Å². The molecule has 1 amide bonds. The van der Waals surface area contributed by atoms with Gasteiger partial charge in [0.25, 0.3) is 0 Å². The van der Waals surface area contributed by atoms with Gasteiger partial charge in [0.2, 0.25) is 5.91 Å². The van der Waals surface area contributed by atoms with Crippen molar-refractivity contribution in [2.24, 2.45) is 17.8 Å². The predicted molar refractivity (Wildman–Crippen MR) is 80.7 cm³/mol. The first kappa shape index (κ1) is 19.3. The van der Waals surface area contributed by atoms with E-state index in [0.29, 0.717) is 18.7 Å². The molecule has 1 N–H and O–H groups in total. The average Bonchev–Trinajstić information content (AvgIpc) is 2.51. The topological polar surface area (TPSA) is 95.0 Å². The Labute approximate surface area is 164 Å². The summed E-state index contributed by atoms with van der Waals surface area (Å²) in [6, 6.07) is 1.75. The number of aliphatic carboxylic acids is 1. The fraction of sp³-hybridized carbons (Fsp3) is 0.647. The third kappa shape index (κ3) is 3.98. The van der Waals surface area contributed by atoms with Crippen LogP contribution in [0.1, 0.15) is 51.3 Å². The van der Waals surface area contributed by atoms with Crippen molar-refractivity contribution in [1.29, 1.82) is 0 Å². The van der Waals surface area contributed by atoms with E-state index in [4.69, 9.17) is 0 Å². The van der Waals surface area contributed by atoms with Gasteiger partial charge in [0.15, 0.2) is 5.82 Å². The number of aromatic nitrogens is 2. The summed E-state index contributed by atoms with van der Waals surface area (Å²) >= 11 is 0. The second-order valence-electron chi connectivity index (χ2n) is 7.02. The van der Waals surface area contributed by atoms with Crippen LogP contribution in [0.25, 0.3) is 0 Å². The molecule has 7 heteroatoms. The standard InChI is InChI=1S/C17H23N3O3.Na/c1-11-8-12(10-13(9-11)15(22)23)14(21)20-17(4-2-5-17)16-18-6-3-7-19-16;/h3,6-7,11-13H,2,4-5,8-10H2,1H3,(H,20,21)(H,22,23);/q;+1/p-1/t11?,12-,13+;/m0./s1. The predicted octanol–water partition coefficient (Wildman–Crippen LogP) is -2.22. The van der Waals surface area contributed by atoms with Crippen LogP contribution in [0, 0.1) is 17.8 Å². The minimum atomic E-state index is -1.04. The van der Waals surface area contributed by atoms with Crippen molar-refractivity contribution in [2.75, 3.05) is 0 Å². The summed E-state index contributed by atoms with van der Waals surface area (Å²) in [5, 5.41) is 14.3. The van der Waals surface area contributed by atoms with Crippen LogP contribution in [0.3, 0.4) is 0 Å². The molecule has 0 aromatic carbocycles. The Morgan fingerprint density at radius 3 is 2.33 bits per heavy atom. The smallest absolute Gasteiger partial charge is 0.550 e. The summed E-state index contributed by atoms with van der Waals surface area (Å²) in [7, 11) is 0. The Balaban J connectivity index is 0.00000208. The third-order valence-corrected chi connectivity index (χ3v) is 5.21. The number of carboxylic acids is 1. The minimum Gasteiger partial charge on any atom is -0.550 e. The molecule has 3 atom stereocenters. The van der Waals surface area contributed by atoms with Crippen LogP contribution in [0.2, 0.25) is 0 Å². The average molecular weight is 339 g/mol. The van der Waals surface area contributed by atoms with E-state index in [1.807, 2.05) is 6.92 Å². The first-order chi connectivity index (χ1) is 11.0. The fourth-order valence-electron chi connectivity index (χ4n) is 3.83. The van der Waals surface area contributed by atoms with E-state index in [-0.39, 0.29) is 47.3 Å². The van der Waals surface area contributed by atoms with Crippen LogP contribution >= 0.6 is 0 Å². The molecule has 0 radical (unpaired) electrons. The van der Waals surface area contributed by atoms with Crippen molar-refractivity contribution in [3.8, 4) is 0 Å². The van der Waals surface area contributed by atoms with Crippen LogP contribution in [0.5, 0.6) is 0 Å². The van der Waals surface area contributed by atoms with Gasteiger partial charge in [0.05, 0.1) is 5.54 Å². The van der Waals surface area contributed by atoms with Gasteiger partial charge in [-0.2, -0.15) is 0 Å². The first-order valence-corrected chi connectivity index (χ1v) is 8.30.